The molecule has 0 aromatic carbocycles. The van der Waals surface area contributed by atoms with Crippen LogP contribution in [0.15, 0.2) is 11.1 Å². The summed E-state index contributed by atoms with van der Waals surface area (Å²) in [7, 11) is 0. The van der Waals surface area contributed by atoms with Crippen LogP contribution in [0.1, 0.15) is 47.0 Å². The van der Waals surface area contributed by atoms with E-state index in [9.17, 15) is 14.4 Å². The molecule has 2 N–H and O–H groups in total. The molecule has 6 nitrogen and oxygen atoms in total. The van der Waals surface area contributed by atoms with Gasteiger partial charge in [0.05, 0.1) is 0 Å². The van der Waals surface area contributed by atoms with Gasteiger partial charge in [-0.3, -0.25) is 10.1 Å². The second kappa shape index (κ2) is 6.74. The first-order valence-corrected chi connectivity index (χ1v) is 7.15. The van der Waals surface area contributed by atoms with E-state index in [0.29, 0.717) is 13.1 Å². The number of hydrogen-bond donors (Lipinski definition) is 2. The molecule has 0 radical (unpaired) electrons. The van der Waals surface area contributed by atoms with Crippen molar-refractivity contribution in [2.24, 2.45) is 5.41 Å². The number of carbonyl (C=O) groups excluding carboxylic acids is 2. The van der Waals surface area contributed by atoms with E-state index in [1.54, 1.807) is 4.90 Å². The van der Waals surface area contributed by atoms with Crippen molar-refractivity contribution in [2.75, 3.05) is 13.1 Å². The average molecular weight is 296 g/mol. The summed E-state index contributed by atoms with van der Waals surface area (Å²) in [6.45, 7) is 8.30. The number of aliphatic carboxylic acids is 1. The van der Waals surface area contributed by atoms with Crippen LogP contribution in [0.2, 0.25) is 0 Å². The van der Waals surface area contributed by atoms with E-state index in [2.05, 4.69) is 19.2 Å². The molecule has 0 bridgehead atoms. The highest BCUT2D eigenvalue weighted by Crippen LogP contribution is 2.29. The molecule has 3 amide bonds. The lowest BCUT2D eigenvalue weighted by molar-refractivity contribution is -0.133. The van der Waals surface area contributed by atoms with Crippen LogP contribution >= 0.6 is 0 Å². The number of likely N-dealkylation sites (tertiary alicyclic amines) is 1. The summed E-state index contributed by atoms with van der Waals surface area (Å²) in [5.74, 6) is -1.81. The quantitative estimate of drug-likeness (QED) is 0.764. The van der Waals surface area contributed by atoms with Crippen molar-refractivity contribution in [1.82, 2.24) is 10.2 Å². The summed E-state index contributed by atoms with van der Waals surface area (Å²) >= 11 is 0. The monoisotopic (exact) mass is 296 g/mol. The molecule has 21 heavy (non-hydrogen) atoms. The van der Waals surface area contributed by atoms with Crippen LogP contribution in [-0.2, 0) is 9.59 Å². The second-order valence-electron chi connectivity index (χ2n) is 6.32. The average Bonchev–Trinajstić information content (AvgIpc) is 2.57. The van der Waals surface area contributed by atoms with Crippen molar-refractivity contribution in [1.29, 1.82) is 0 Å². The lowest BCUT2D eigenvalue weighted by Gasteiger charge is -2.23. The summed E-state index contributed by atoms with van der Waals surface area (Å²) < 4.78 is 0. The Morgan fingerprint density at radius 1 is 1.05 bits per heavy atom. The fraction of sp³-hybridized carbons (Fsp3) is 0.667. The maximum Gasteiger partial charge on any atom is 0.331 e. The van der Waals surface area contributed by atoms with Gasteiger partial charge in [-0.2, -0.15) is 0 Å². The van der Waals surface area contributed by atoms with Gasteiger partial charge in [0.1, 0.15) is 0 Å². The van der Waals surface area contributed by atoms with Crippen molar-refractivity contribution in [2.45, 2.75) is 47.0 Å². The molecule has 0 aromatic rings. The molecule has 1 rings (SSSR count). The van der Waals surface area contributed by atoms with Gasteiger partial charge in [-0.25, -0.2) is 9.59 Å². The predicted molar refractivity (Wildman–Crippen MR) is 78.8 cm³/mol. The summed E-state index contributed by atoms with van der Waals surface area (Å²) in [6, 6.07) is -0.449. The number of imide groups is 1. The summed E-state index contributed by atoms with van der Waals surface area (Å²) in [5.41, 5.74) is 0.192. The van der Waals surface area contributed by atoms with Gasteiger partial charge >= 0.3 is 12.0 Å². The zero-order chi connectivity index (χ0) is 16.2. The van der Waals surface area contributed by atoms with Crippen molar-refractivity contribution in [3.8, 4) is 0 Å². The van der Waals surface area contributed by atoms with Gasteiger partial charge in [-0.05, 0) is 38.5 Å². The van der Waals surface area contributed by atoms with Gasteiger partial charge in [0.15, 0.2) is 0 Å². The maximum absolute atomic E-state index is 12.1. The Morgan fingerprint density at radius 2 is 1.67 bits per heavy atom. The van der Waals surface area contributed by atoms with E-state index in [1.165, 1.54) is 13.8 Å². The maximum atomic E-state index is 12.1. The lowest BCUT2D eigenvalue weighted by Crippen LogP contribution is -2.44. The number of nitrogens with one attached hydrogen (secondary N) is 1. The largest absolute Gasteiger partial charge is 0.478 e. The van der Waals surface area contributed by atoms with Gasteiger partial charge in [0.2, 0.25) is 0 Å². The first-order valence-electron chi connectivity index (χ1n) is 7.15. The molecule has 6 heteroatoms. The molecule has 1 aliphatic heterocycles. The van der Waals surface area contributed by atoms with Crippen LogP contribution in [-0.4, -0.2) is 41.0 Å². The molecule has 0 atom stereocenters. The fourth-order valence-electron chi connectivity index (χ4n) is 2.23. The Kier molecular flexibility index (Phi) is 5.52. The molecule has 1 saturated heterocycles. The van der Waals surface area contributed by atoms with Gasteiger partial charge < -0.3 is 10.0 Å². The standard InChI is InChI=1S/C15H24N2O4/c1-10(11(2)13(19)20)12(18)16-14(21)17-8-5-6-15(3,4)7-9-17/h5-9H2,1-4H3,(H,19,20)(H,16,18,21). The number of carboxylic acids is 1. The predicted octanol–water partition coefficient (Wildman–Crippen LogP) is 2.16. The lowest BCUT2D eigenvalue weighted by atomic mass is 9.85. The third-order valence-corrected chi connectivity index (χ3v) is 4.07. The van der Waals surface area contributed by atoms with Gasteiger partial charge in [-0.15, -0.1) is 0 Å². The first kappa shape index (κ1) is 17.2. The second-order valence-corrected chi connectivity index (χ2v) is 6.32. The molecule has 1 heterocycles. The van der Waals surface area contributed by atoms with Crippen molar-refractivity contribution in [3.05, 3.63) is 11.1 Å². The third kappa shape index (κ3) is 4.88. The Hall–Kier alpha value is -1.85. The van der Waals surface area contributed by atoms with Crippen LogP contribution < -0.4 is 5.32 Å². The molecule has 0 spiro atoms. The number of hydrogen-bond acceptors (Lipinski definition) is 3. The molecule has 1 fully saturated rings. The third-order valence-electron chi connectivity index (χ3n) is 4.07. The topological polar surface area (TPSA) is 86.7 Å². The van der Waals surface area contributed by atoms with Crippen molar-refractivity contribution >= 4 is 17.9 Å². The van der Waals surface area contributed by atoms with Crippen LogP contribution in [0.25, 0.3) is 0 Å². The van der Waals surface area contributed by atoms with Crippen LogP contribution in [0.5, 0.6) is 0 Å². The Balaban J connectivity index is 2.67. The summed E-state index contributed by atoms with van der Waals surface area (Å²) in [4.78, 5) is 36.4. The minimum absolute atomic E-state index is 0.0472. The normalized spacial score (nSPS) is 19.3. The van der Waals surface area contributed by atoms with E-state index in [0.717, 1.165) is 19.3 Å². The van der Waals surface area contributed by atoms with Crippen LogP contribution in [0.4, 0.5) is 4.79 Å². The zero-order valence-corrected chi connectivity index (χ0v) is 13.2. The minimum Gasteiger partial charge on any atom is -0.478 e. The van der Waals surface area contributed by atoms with Crippen LogP contribution in [0.3, 0.4) is 0 Å². The smallest absolute Gasteiger partial charge is 0.331 e. The van der Waals surface area contributed by atoms with Gasteiger partial charge in [0, 0.05) is 24.2 Å². The highest BCUT2D eigenvalue weighted by atomic mass is 16.4. The Bertz CT molecular complexity index is 480. The molecule has 0 saturated carbocycles. The number of nitrogens with zero attached hydrogens (tertiary/aromatic N) is 1. The molecule has 0 unspecified atom stereocenters. The van der Waals surface area contributed by atoms with E-state index < -0.39 is 17.9 Å². The molecule has 0 aromatic heterocycles. The number of urea groups is 1. The summed E-state index contributed by atoms with van der Waals surface area (Å²) in [6.07, 6.45) is 2.83. The Morgan fingerprint density at radius 3 is 2.24 bits per heavy atom. The van der Waals surface area contributed by atoms with Gasteiger partial charge in [0.25, 0.3) is 5.91 Å². The number of carbonyl (C=O) groups is 3. The minimum atomic E-state index is -1.16. The number of amides is 3. The zero-order valence-electron chi connectivity index (χ0n) is 13.2. The highest BCUT2D eigenvalue weighted by Gasteiger charge is 2.26. The Labute approximate surface area is 125 Å². The van der Waals surface area contributed by atoms with E-state index >= 15 is 0 Å². The molecular weight excluding hydrogens is 272 g/mol. The number of rotatable bonds is 2. The fourth-order valence-corrected chi connectivity index (χ4v) is 2.23. The van der Waals surface area contributed by atoms with E-state index in [1.807, 2.05) is 0 Å². The van der Waals surface area contributed by atoms with E-state index in [-0.39, 0.29) is 16.6 Å². The highest BCUT2D eigenvalue weighted by molar-refractivity contribution is 6.07. The number of carboxylic acid groups (broad SMARTS) is 1. The SMILES string of the molecule is CC(C(=O)O)=C(C)C(=O)NC(=O)N1CCCC(C)(C)CC1. The van der Waals surface area contributed by atoms with Crippen molar-refractivity contribution < 1.29 is 19.5 Å². The molecular formula is C15H24N2O4. The van der Waals surface area contributed by atoms with Gasteiger partial charge in [-0.1, -0.05) is 13.8 Å². The van der Waals surface area contributed by atoms with Crippen molar-refractivity contribution in [3.63, 3.8) is 0 Å². The molecule has 118 valence electrons. The van der Waals surface area contributed by atoms with Crippen LogP contribution in [0, 0.1) is 5.41 Å². The van der Waals surface area contributed by atoms with E-state index in [4.69, 9.17) is 5.11 Å². The molecule has 0 aliphatic carbocycles. The molecule has 1 aliphatic rings. The summed E-state index contributed by atoms with van der Waals surface area (Å²) in [5, 5.41) is 11.1. The first-order chi connectivity index (χ1) is 9.64.